The number of rotatable bonds is 5. The van der Waals surface area contributed by atoms with Crippen LogP contribution in [0.15, 0.2) is 29.3 Å². The first-order valence-electron chi connectivity index (χ1n) is 10.2. The van der Waals surface area contributed by atoms with Crippen LogP contribution in [-0.2, 0) is 16.1 Å². The predicted octanol–water partition coefficient (Wildman–Crippen LogP) is 1.63. The molecule has 29 heavy (non-hydrogen) atoms. The fourth-order valence-corrected chi connectivity index (χ4v) is 3.74. The first-order chi connectivity index (χ1) is 14.1. The van der Waals surface area contributed by atoms with Gasteiger partial charge in [0.1, 0.15) is 0 Å². The van der Waals surface area contributed by atoms with Crippen molar-refractivity contribution in [3.63, 3.8) is 0 Å². The molecule has 158 valence electrons. The normalized spacial score (nSPS) is 18.6. The molecule has 0 aromatic heterocycles. The van der Waals surface area contributed by atoms with Crippen LogP contribution in [0, 0.1) is 16.0 Å². The molecule has 9 heteroatoms. The number of hydrogen-bond donors (Lipinski definition) is 1. The Kier molecular flexibility index (Phi) is 7.40. The lowest BCUT2D eigenvalue weighted by molar-refractivity contribution is -0.384. The molecule has 0 spiro atoms. The lowest BCUT2D eigenvalue weighted by Crippen LogP contribution is -2.50. The van der Waals surface area contributed by atoms with E-state index in [0.717, 1.165) is 44.0 Å². The van der Waals surface area contributed by atoms with Gasteiger partial charge in [0.2, 0.25) is 5.91 Å². The lowest BCUT2D eigenvalue weighted by Gasteiger charge is -2.36. The molecule has 2 heterocycles. The molecule has 0 radical (unpaired) electrons. The molecular weight excluding hydrogens is 374 g/mol. The summed E-state index contributed by atoms with van der Waals surface area (Å²) < 4.78 is 5.33. The molecule has 2 saturated heterocycles. The molecule has 0 unspecified atom stereocenters. The second-order valence-electron chi connectivity index (χ2n) is 7.30. The maximum absolute atomic E-state index is 12.7. The Morgan fingerprint density at radius 2 is 1.97 bits per heavy atom. The Hall–Kier alpha value is -2.68. The topological polar surface area (TPSA) is 100 Å². The number of likely N-dealkylation sites (tertiary alicyclic amines) is 1. The number of non-ortho nitro benzene ring substituents is 1. The van der Waals surface area contributed by atoms with Crippen molar-refractivity contribution >= 4 is 17.6 Å². The second-order valence-corrected chi connectivity index (χ2v) is 7.30. The van der Waals surface area contributed by atoms with E-state index in [1.165, 1.54) is 6.07 Å². The van der Waals surface area contributed by atoms with Crippen LogP contribution in [0.5, 0.6) is 0 Å². The summed E-state index contributed by atoms with van der Waals surface area (Å²) in [5, 5.41) is 14.3. The van der Waals surface area contributed by atoms with E-state index < -0.39 is 4.92 Å². The third-order valence-corrected chi connectivity index (χ3v) is 5.33. The van der Waals surface area contributed by atoms with Crippen LogP contribution >= 0.6 is 0 Å². The van der Waals surface area contributed by atoms with E-state index in [4.69, 9.17) is 4.74 Å². The van der Waals surface area contributed by atoms with Gasteiger partial charge in [0.15, 0.2) is 5.96 Å². The maximum atomic E-state index is 12.7. The Labute approximate surface area is 170 Å². The summed E-state index contributed by atoms with van der Waals surface area (Å²) in [7, 11) is 0. The van der Waals surface area contributed by atoms with Crippen LogP contribution in [0.2, 0.25) is 0 Å². The van der Waals surface area contributed by atoms with Crippen molar-refractivity contribution < 1.29 is 14.5 Å². The van der Waals surface area contributed by atoms with Crippen LogP contribution in [0.4, 0.5) is 5.69 Å². The van der Waals surface area contributed by atoms with E-state index in [-0.39, 0.29) is 17.5 Å². The molecule has 9 nitrogen and oxygen atoms in total. The molecule has 2 aliphatic heterocycles. The van der Waals surface area contributed by atoms with E-state index in [1.54, 1.807) is 12.1 Å². The minimum atomic E-state index is -0.394. The van der Waals surface area contributed by atoms with Gasteiger partial charge < -0.3 is 19.9 Å². The molecule has 3 rings (SSSR count). The van der Waals surface area contributed by atoms with Crippen LogP contribution < -0.4 is 5.32 Å². The number of nitro groups is 1. The van der Waals surface area contributed by atoms with Crippen molar-refractivity contribution in [1.82, 2.24) is 15.1 Å². The molecule has 2 aliphatic rings. The fraction of sp³-hybridized carbons (Fsp3) is 0.600. The minimum Gasteiger partial charge on any atom is -0.378 e. The maximum Gasteiger partial charge on any atom is 0.269 e. The summed E-state index contributed by atoms with van der Waals surface area (Å²) in [4.78, 5) is 32.0. The number of benzene rings is 1. The summed E-state index contributed by atoms with van der Waals surface area (Å²) in [6.07, 6.45) is 1.61. The number of ether oxygens (including phenoxy) is 1. The summed E-state index contributed by atoms with van der Waals surface area (Å²) in [5.41, 5.74) is 0.872. The van der Waals surface area contributed by atoms with Gasteiger partial charge in [-0.05, 0) is 25.3 Å². The van der Waals surface area contributed by atoms with Crippen molar-refractivity contribution in [2.24, 2.45) is 10.9 Å². The highest BCUT2D eigenvalue weighted by Gasteiger charge is 2.30. The van der Waals surface area contributed by atoms with Gasteiger partial charge in [-0.25, -0.2) is 4.99 Å². The first kappa shape index (κ1) is 21.0. The molecule has 0 aliphatic carbocycles. The summed E-state index contributed by atoms with van der Waals surface area (Å²) in [6, 6.07) is 6.56. The monoisotopic (exact) mass is 403 g/mol. The van der Waals surface area contributed by atoms with E-state index >= 15 is 0 Å². The molecule has 1 N–H and O–H groups in total. The summed E-state index contributed by atoms with van der Waals surface area (Å²) in [5.74, 6) is 1.09. The molecular formula is C20H29N5O4. The second kappa shape index (κ2) is 10.2. The SMILES string of the molecule is CCNC(=NCc1cccc([N+](=O)[O-])c1)N1CCC(C(=O)N2CCOCC2)CC1. The van der Waals surface area contributed by atoms with Crippen molar-refractivity contribution in [2.45, 2.75) is 26.3 Å². The Bertz CT molecular complexity index is 740. The molecule has 1 aromatic rings. The number of guanidine groups is 1. The highest BCUT2D eigenvalue weighted by atomic mass is 16.6. The molecule has 0 atom stereocenters. The number of carbonyl (C=O) groups excluding carboxylic acids is 1. The Morgan fingerprint density at radius 1 is 1.24 bits per heavy atom. The quantitative estimate of drug-likeness (QED) is 0.347. The van der Waals surface area contributed by atoms with Crippen molar-refractivity contribution in [1.29, 1.82) is 0 Å². The molecule has 0 bridgehead atoms. The summed E-state index contributed by atoms with van der Waals surface area (Å²) >= 11 is 0. The van der Waals surface area contributed by atoms with Crippen LogP contribution in [0.1, 0.15) is 25.3 Å². The van der Waals surface area contributed by atoms with Gasteiger partial charge >= 0.3 is 0 Å². The van der Waals surface area contributed by atoms with Crippen LogP contribution in [-0.4, -0.2) is 72.5 Å². The van der Waals surface area contributed by atoms with Gasteiger partial charge in [-0.1, -0.05) is 12.1 Å². The summed E-state index contributed by atoms with van der Waals surface area (Å²) in [6.45, 7) is 7.27. The van der Waals surface area contributed by atoms with Gasteiger partial charge in [-0.2, -0.15) is 0 Å². The molecule has 0 saturated carbocycles. The van der Waals surface area contributed by atoms with Gasteiger partial charge in [0, 0.05) is 50.8 Å². The van der Waals surface area contributed by atoms with Gasteiger partial charge in [-0.15, -0.1) is 0 Å². The highest BCUT2D eigenvalue weighted by molar-refractivity contribution is 5.82. The van der Waals surface area contributed by atoms with Crippen molar-refractivity contribution in [2.75, 3.05) is 45.9 Å². The molecule has 1 amide bonds. The van der Waals surface area contributed by atoms with Crippen LogP contribution in [0.25, 0.3) is 0 Å². The molecule has 1 aromatic carbocycles. The number of morpholine rings is 1. The van der Waals surface area contributed by atoms with E-state index in [2.05, 4.69) is 15.2 Å². The first-order valence-corrected chi connectivity index (χ1v) is 10.2. The lowest BCUT2D eigenvalue weighted by atomic mass is 9.95. The average Bonchev–Trinajstić information content (AvgIpc) is 2.77. The van der Waals surface area contributed by atoms with Crippen LogP contribution in [0.3, 0.4) is 0 Å². The number of nitrogens with one attached hydrogen (secondary N) is 1. The van der Waals surface area contributed by atoms with Gasteiger partial charge in [0.05, 0.1) is 24.7 Å². The largest absolute Gasteiger partial charge is 0.378 e. The van der Waals surface area contributed by atoms with Gasteiger partial charge in [-0.3, -0.25) is 14.9 Å². The number of carbonyl (C=O) groups is 1. The highest BCUT2D eigenvalue weighted by Crippen LogP contribution is 2.21. The zero-order valence-electron chi connectivity index (χ0n) is 16.9. The zero-order chi connectivity index (χ0) is 20.6. The zero-order valence-corrected chi connectivity index (χ0v) is 16.9. The average molecular weight is 403 g/mol. The third kappa shape index (κ3) is 5.66. The van der Waals surface area contributed by atoms with Crippen molar-refractivity contribution in [3.8, 4) is 0 Å². The standard InChI is InChI=1S/C20H29N5O4/c1-2-21-20(22-15-16-4-3-5-18(14-16)25(27)28)24-8-6-17(7-9-24)19(26)23-10-12-29-13-11-23/h3-5,14,17H,2,6-13,15H2,1H3,(H,21,22). The minimum absolute atomic E-state index is 0.0593. The Morgan fingerprint density at radius 3 is 2.62 bits per heavy atom. The third-order valence-electron chi connectivity index (χ3n) is 5.33. The fourth-order valence-electron chi connectivity index (χ4n) is 3.74. The van der Waals surface area contributed by atoms with E-state index in [9.17, 15) is 14.9 Å². The number of nitrogens with zero attached hydrogens (tertiary/aromatic N) is 4. The van der Waals surface area contributed by atoms with Crippen molar-refractivity contribution in [3.05, 3.63) is 39.9 Å². The Balaban J connectivity index is 1.58. The number of nitro benzene ring substituents is 1. The molecule has 2 fully saturated rings. The van der Waals surface area contributed by atoms with E-state index in [0.29, 0.717) is 32.8 Å². The number of aliphatic imine (C=N–C) groups is 1. The van der Waals surface area contributed by atoms with Gasteiger partial charge in [0.25, 0.3) is 5.69 Å². The number of hydrogen-bond acceptors (Lipinski definition) is 5. The van der Waals surface area contributed by atoms with E-state index in [1.807, 2.05) is 17.9 Å². The number of amides is 1. The number of piperidine rings is 1. The smallest absolute Gasteiger partial charge is 0.269 e. The predicted molar refractivity (Wildman–Crippen MR) is 110 cm³/mol.